The van der Waals surface area contributed by atoms with E-state index >= 15 is 0 Å². The van der Waals surface area contributed by atoms with Gasteiger partial charge in [-0.25, -0.2) is 9.97 Å². The first-order valence-electron chi connectivity index (χ1n) is 5.03. The van der Waals surface area contributed by atoms with Crippen LogP contribution < -0.4 is 5.32 Å². The topological polar surface area (TPSA) is 47.0 Å². The van der Waals surface area contributed by atoms with Crippen molar-refractivity contribution in [3.05, 3.63) is 17.1 Å². The molecular formula is C10H13N3O. The van der Waals surface area contributed by atoms with E-state index in [0.717, 1.165) is 22.9 Å². The molecule has 4 nitrogen and oxygen atoms in total. The van der Waals surface area contributed by atoms with Crippen molar-refractivity contribution in [3.8, 4) is 0 Å². The second-order valence-electron chi connectivity index (χ2n) is 3.87. The first-order valence-corrected chi connectivity index (χ1v) is 5.03. The summed E-state index contributed by atoms with van der Waals surface area (Å²) in [5.74, 6) is 2.56. The molecule has 3 rings (SSSR count). The van der Waals surface area contributed by atoms with Gasteiger partial charge in [-0.1, -0.05) is 0 Å². The van der Waals surface area contributed by atoms with Crippen LogP contribution in [-0.4, -0.2) is 17.0 Å². The van der Waals surface area contributed by atoms with Crippen molar-refractivity contribution in [2.24, 2.45) is 0 Å². The maximum atomic E-state index is 5.37. The Hall–Kier alpha value is -1.16. The smallest absolute Gasteiger partial charge is 0.135 e. The predicted molar refractivity (Wildman–Crippen MR) is 52.0 cm³/mol. The molecule has 1 saturated carbocycles. The molecule has 1 N–H and O–H groups in total. The molecule has 1 aromatic rings. The van der Waals surface area contributed by atoms with Gasteiger partial charge in [0.2, 0.25) is 0 Å². The molecule has 1 aromatic heterocycles. The Morgan fingerprint density at radius 2 is 2.14 bits per heavy atom. The van der Waals surface area contributed by atoms with Gasteiger partial charge >= 0.3 is 0 Å². The summed E-state index contributed by atoms with van der Waals surface area (Å²) in [6, 6.07) is 0. The maximum absolute atomic E-state index is 5.37. The van der Waals surface area contributed by atoms with Gasteiger partial charge in [-0.3, -0.25) is 0 Å². The summed E-state index contributed by atoms with van der Waals surface area (Å²) >= 11 is 0. The maximum Gasteiger partial charge on any atom is 0.135 e. The highest BCUT2D eigenvalue weighted by molar-refractivity contribution is 5.47. The molecule has 0 aromatic carbocycles. The highest BCUT2D eigenvalue weighted by atomic mass is 16.5. The Bertz CT molecular complexity index is 374. The van der Waals surface area contributed by atoms with E-state index in [1.54, 1.807) is 0 Å². The Morgan fingerprint density at radius 1 is 1.29 bits per heavy atom. The summed E-state index contributed by atoms with van der Waals surface area (Å²) in [4.78, 5) is 9.07. The third kappa shape index (κ3) is 1.18. The lowest BCUT2D eigenvalue weighted by Crippen LogP contribution is -2.04. The molecule has 0 atom stereocenters. The molecule has 2 aliphatic rings. The van der Waals surface area contributed by atoms with Crippen LogP contribution in [0.15, 0.2) is 0 Å². The third-order valence-corrected chi connectivity index (χ3v) is 2.77. The Morgan fingerprint density at radius 3 is 2.86 bits per heavy atom. The van der Waals surface area contributed by atoms with E-state index in [2.05, 4.69) is 15.3 Å². The zero-order valence-electron chi connectivity index (χ0n) is 8.21. The molecule has 1 fully saturated rings. The number of ether oxygens (including phenoxy) is 1. The molecule has 0 amide bonds. The molecule has 0 bridgehead atoms. The fourth-order valence-corrected chi connectivity index (χ4v) is 1.80. The number of nitrogens with zero attached hydrogens (tertiary/aromatic N) is 2. The average Bonchev–Trinajstić information content (AvgIpc) is 2.95. The van der Waals surface area contributed by atoms with Crippen LogP contribution in [0.2, 0.25) is 0 Å². The first-order chi connectivity index (χ1) is 6.88. The van der Waals surface area contributed by atoms with Crippen molar-refractivity contribution < 1.29 is 4.74 Å². The summed E-state index contributed by atoms with van der Waals surface area (Å²) in [5, 5.41) is 3.12. The van der Waals surface area contributed by atoms with E-state index in [1.165, 1.54) is 12.8 Å². The minimum Gasteiger partial charge on any atom is -0.373 e. The van der Waals surface area contributed by atoms with Crippen LogP contribution >= 0.6 is 0 Å². The monoisotopic (exact) mass is 191 g/mol. The fourth-order valence-electron chi connectivity index (χ4n) is 1.80. The number of hydrogen-bond donors (Lipinski definition) is 1. The van der Waals surface area contributed by atoms with E-state index in [9.17, 15) is 0 Å². The molecule has 2 heterocycles. The van der Waals surface area contributed by atoms with Crippen molar-refractivity contribution in [2.45, 2.75) is 32.0 Å². The Kier molecular flexibility index (Phi) is 1.70. The van der Waals surface area contributed by atoms with Gasteiger partial charge < -0.3 is 10.1 Å². The number of rotatable bonds is 2. The van der Waals surface area contributed by atoms with Crippen LogP contribution in [-0.2, 0) is 18.0 Å². The predicted octanol–water partition coefficient (Wildman–Crippen LogP) is 1.43. The van der Waals surface area contributed by atoms with Crippen LogP contribution in [0.1, 0.15) is 35.8 Å². The third-order valence-electron chi connectivity index (χ3n) is 2.77. The molecule has 74 valence electrons. The van der Waals surface area contributed by atoms with Crippen LogP contribution in [0.4, 0.5) is 5.82 Å². The average molecular weight is 191 g/mol. The lowest BCUT2D eigenvalue weighted by Gasteiger charge is -2.07. The van der Waals surface area contributed by atoms with Crippen LogP contribution in [0.25, 0.3) is 0 Å². The van der Waals surface area contributed by atoms with Gasteiger partial charge in [0.05, 0.1) is 18.9 Å². The molecule has 4 heteroatoms. The zero-order chi connectivity index (χ0) is 9.54. The van der Waals surface area contributed by atoms with Gasteiger partial charge in [-0.05, 0) is 12.8 Å². The van der Waals surface area contributed by atoms with Gasteiger partial charge in [0, 0.05) is 18.5 Å². The van der Waals surface area contributed by atoms with E-state index in [0.29, 0.717) is 19.1 Å². The van der Waals surface area contributed by atoms with E-state index in [1.807, 2.05) is 7.05 Å². The molecule has 1 aliphatic heterocycles. The molecule has 0 spiro atoms. The van der Waals surface area contributed by atoms with Crippen molar-refractivity contribution in [3.63, 3.8) is 0 Å². The van der Waals surface area contributed by atoms with Crippen LogP contribution in [0, 0.1) is 0 Å². The standard InChI is InChI=1S/C10H13N3O/c1-11-10-7-4-14-5-8(7)12-9(13-10)6-2-3-6/h6H,2-5H2,1H3,(H,11,12,13). The molecule has 14 heavy (non-hydrogen) atoms. The Labute approximate surface area is 82.7 Å². The number of anilines is 1. The molecule has 1 aliphatic carbocycles. The Balaban J connectivity index is 2.08. The number of fused-ring (bicyclic) bond motifs is 1. The number of hydrogen-bond acceptors (Lipinski definition) is 4. The van der Waals surface area contributed by atoms with Gasteiger partial charge in [0.25, 0.3) is 0 Å². The van der Waals surface area contributed by atoms with Crippen molar-refractivity contribution >= 4 is 5.82 Å². The quantitative estimate of drug-likeness (QED) is 0.768. The van der Waals surface area contributed by atoms with E-state index in [4.69, 9.17) is 4.74 Å². The largest absolute Gasteiger partial charge is 0.373 e. The second kappa shape index (κ2) is 2.92. The minimum absolute atomic E-state index is 0.605. The van der Waals surface area contributed by atoms with Crippen molar-refractivity contribution in [2.75, 3.05) is 12.4 Å². The second-order valence-corrected chi connectivity index (χ2v) is 3.87. The molecule has 0 radical (unpaired) electrons. The SMILES string of the molecule is CNc1nc(C2CC2)nc2c1COC2. The minimum atomic E-state index is 0.605. The highest BCUT2D eigenvalue weighted by Gasteiger charge is 2.29. The van der Waals surface area contributed by atoms with Crippen molar-refractivity contribution in [1.82, 2.24) is 9.97 Å². The lowest BCUT2D eigenvalue weighted by atomic mass is 10.2. The molecule has 0 unspecified atom stereocenters. The van der Waals surface area contributed by atoms with Gasteiger partial charge in [-0.15, -0.1) is 0 Å². The van der Waals surface area contributed by atoms with Gasteiger partial charge in [-0.2, -0.15) is 0 Å². The molecule has 0 saturated heterocycles. The van der Waals surface area contributed by atoms with Gasteiger partial charge in [0.15, 0.2) is 0 Å². The van der Waals surface area contributed by atoms with Crippen molar-refractivity contribution in [1.29, 1.82) is 0 Å². The van der Waals surface area contributed by atoms with Gasteiger partial charge in [0.1, 0.15) is 11.6 Å². The zero-order valence-corrected chi connectivity index (χ0v) is 8.21. The normalized spacial score (nSPS) is 19.5. The summed E-state index contributed by atoms with van der Waals surface area (Å²) < 4.78 is 5.37. The summed E-state index contributed by atoms with van der Waals surface area (Å²) in [6.07, 6.45) is 2.48. The summed E-state index contributed by atoms with van der Waals surface area (Å²) in [6.45, 7) is 1.29. The van der Waals surface area contributed by atoms with Crippen LogP contribution in [0.3, 0.4) is 0 Å². The fraction of sp³-hybridized carbons (Fsp3) is 0.600. The summed E-state index contributed by atoms with van der Waals surface area (Å²) in [5.41, 5.74) is 2.21. The number of nitrogens with one attached hydrogen (secondary N) is 1. The highest BCUT2D eigenvalue weighted by Crippen LogP contribution is 2.39. The first kappa shape index (κ1) is 8.17. The lowest BCUT2D eigenvalue weighted by molar-refractivity contribution is 0.133. The summed E-state index contributed by atoms with van der Waals surface area (Å²) in [7, 11) is 1.90. The number of aromatic nitrogens is 2. The van der Waals surface area contributed by atoms with E-state index < -0.39 is 0 Å². The van der Waals surface area contributed by atoms with Crippen LogP contribution in [0.5, 0.6) is 0 Å². The van der Waals surface area contributed by atoms with E-state index in [-0.39, 0.29) is 0 Å². The molecular weight excluding hydrogens is 178 g/mol.